The van der Waals surface area contributed by atoms with E-state index in [0.29, 0.717) is 6.04 Å². The Labute approximate surface area is 91.3 Å². The molecule has 2 heterocycles. The van der Waals surface area contributed by atoms with Crippen molar-refractivity contribution in [1.29, 1.82) is 0 Å². The summed E-state index contributed by atoms with van der Waals surface area (Å²) in [6.07, 6.45) is 3.95. The Morgan fingerprint density at radius 3 is 3.20 bits per heavy atom. The third-order valence-electron chi connectivity index (χ3n) is 3.13. The molecule has 0 bridgehead atoms. The van der Waals surface area contributed by atoms with E-state index >= 15 is 0 Å². The lowest BCUT2D eigenvalue weighted by Crippen LogP contribution is -2.49. The lowest BCUT2D eigenvalue weighted by atomic mass is 10.2. The zero-order valence-corrected chi connectivity index (χ0v) is 9.61. The molecule has 0 saturated carbocycles. The minimum atomic E-state index is 0.612. The van der Waals surface area contributed by atoms with Crippen LogP contribution in [0.3, 0.4) is 0 Å². The Morgan fingerprint density at radius 2 is 2.47 bits per heavy atom. The summed E-state index contributed by atoms with van der Waals surface area (Å²) < 4.78 is 2.22. The first-order valence-electron chi connectivity index (χ1n) is 5.76. The van der Waals surface area contributed by atoms with Crippen molar-refractivity contribution in [2.45, 2.75) is 33.0 Å². The quantitative estimate of drug-likeness (QED) is 0.793. The molecule has 1 aliphatic heterocycles. The predicted octanol–water partition coefficient (Wildman–Crippen LogP) is 0.697. The Morgan fingerprint density at radius 1 is 1.60 bits per heavy atom. The van der Waals surface area contributed by atoms with Crippen LogP contribution in [0.5, 0.6) is 0 Å². The predicted molar refractivity (Wildman–Crippen MR) is 60.6 cm³/mol. The molecular formula is C11H20N4. The highest BCUT2D eigenvalue weighted by Gasteiger charge is 2.19. The number of nitrogens with zero attached hydrogens (tertiary/aromatic N) is 3. The van der Waals surface area contributed by atoms with Crippen LogP contribution in [0.4, 0.5) is 0 Å². The van der Waals surface area contributed by atoms with Crippen LogP contribution in [-0.4, -0.2) is 40.1 Å². The molecule has 84 valence electrons. The van der Waals surface area contributed by atoms with Gasteiger partial charge in [-0.3, -0.25) is 4.90 Å². The van der Waals surface area contributed by atoms with Gasteiger partial charge in [0.25, 0.3) is 0 Å². The summed E-state index contributed by atoms with van der Waals surface area (Å²) >= 11 is 0. The summed E-state index contributed by atoms with van der Waals surface area (Å²) in [6, 6.07) is 0.612. The van der Waals surface area contributed by atoms with Crippen molar-refractivity contribution in [3.8, 4) is 0 Å². The molecule has 1 saturated heterocycles. The van der Waals surface area contributed by atoms with Gasteiger partial charge in [-0.1, -0.05) is 0 Å². The van der Waals surface area contributed by atoms with Crippen molar-refractivity contribution in [3.63, 3.8) is 0 Å². The highest BCUT2D eigenvalue weighted by molar-refractivity contribution is 4.93. The van der Waals surface area contributed by atoms with Gasteiger partial charge in [-0.05, 0) is 13.8 Å². The molecule has 0 spiro atoms. The first-order chi connectivity index (χ1) is 7.31. The number of imidazole rings is 1. The number of aromatic nitrogens is 2. The fourth-order valence-corrected chi connectivity index (χ4v) is 2.08. The molecule has 1 aromatic heterocycles. The lowest BCUT2D eigenvalue weighted by Gasteiger charge is -2.33. The van der Waals surface area contributed by atoms with Gasteiger partial charge in [0.15, 0.2) is 0 Å². The lowest BCUT2D eigenvalue weighted by molar-refractivity contribution is 0.160. The summed E-state index contributed by atoms with van der Waals surface area (Å²) in [6.45, 7) is 9.72. The smallest absolute Gasteiger partial charge is 0.122 e. The fourth-order valence-electron chi connectivity index (χ4n) is 2.08. The first kappa shape index (κ1) is 10.6. The molecule has 0 aromatic carbocycles. The van der Waals surface area contributed by atoms with Crippen molar-refractivity contribution in [1.82, 2.24) is 19.8 Å². The largest absolute Gasteiger partial charge is 0.334 e. The van der Waals surface area contributed by atoms with Crippen molar-refractivity contribution < 1.29 is 0 Å². The van der Waals surface area contributed by atoms with E-state index in [0.717, 1.165) is 32.7 Å². The average Bonchev–Trinajstić information content (AvgIpc) is 2.69. The van der Waals surface area contributed by atoms with Crippen molar-refractivity contribution >= 4 is 0 Å². The highest BCUT2D eigenvalue weighted by Crippen LogP contribution is 2.08. The van der Waals surface area contributed by atoms with E-state index in [1.165, 1.54) is 5.82 Å². The van der Waals surface area contributed by atoms with Gasteiger partial charge >= 0.3 is 0 Å². The third kappa shape index (κ3) is 2.38. The zero-order chi connectivity index (χ0) is 10.7. The highest BCUT2D eigenvalue weighted by atomic mass is 15.2. The third-order valence-corrected chi connectivity index (χ3v) is 3.13. The van der Waals surface area contributed by atoms with Crippen LogP contribution in [0.1, 0.15) is 19.7 Å². The second kappa shape index (κ2) is 4.77. The van der Waals surface area contributed by atoms with E-state index in [1.54, 1.807) is 0 Å². The van der Waals surface area contributed by atoms with E-state index in [2.05, 4.69) is 39.8 Å². The molecule has 1 fully saturated rings. The average molecular weight is 208 g/mol. The van der Waals surface area contributed by atoms with Crippen LogP contribution in [0.15, 0.2) is 12.4 Å². The molecule has 4 heteroatoms. The number of piperazine rings is 1. The summed E-state index contributed by atoms with van der Waals surface area (Å²) in [5, 5.41) is 3.40. The molecule has 2 rings (SSSR count). The maximum Gasteiger partial charge on any atom is 0.122 e. The van der Waals surface area contributed by atoms with Gasteiger partial charge in [0.1, 0.15) is 5.82 Å². The van der Waals surface area contributed by atoms with Crippen LogP contribution in [0.2, 0.25) is 0 Å². The first-order valence-corrected chi connectivity index (χ1v) is 5.76. The van der Waals surface area contributed by atoms with Gasteiger partial charge in [0.2, 0.25) is 0 Å². The molecule has 1 atom stereocenters. The molecule has 0 amide bonds. The van der Waals surface area contributed by atoms with Crippen LogP contribution < -0.4 is 5.32 Å². The number of hydrogen-bond acceptors (Lipinski definition) is 3. The Kier molecular flexibility index (Phi) is 3.38. The molecule has 1 N–H and O–H groups in total. The molecule has 0 unspecified atom stereocenters. The van der Waals surface area contributed by atoms with Crippen LogP contribution in [-0.2, 0) is 13.1 Å². The zero-order valence-electron chi connectivity index (χ0n) is 9.61. The minimum Gasteiger partial charge on any atom is -0.334 e. The van der Waals surface area contributed by atoms with Gasteiger partial charge in [-0.15, -0.1) is 0 Å². The van der Waals surface area contributed by atoms with E-state index in [9.17, 15) is 0 Å². The van der Waals surface area contributed by atoms with Gasteiger partial charge in [-0.25, -0.2) is 4.98 Å². The molecule has 1 aliphatic rings. The van der Waals surface area contributed by atoms with Crippen molar-refractivity contribution in [2.24, 2.45) is 0 Å². The molecule has 4 nitrogen and oxygen atoms in total. The van der Waals surface area contributed by atoms with Gasteiger partial charge in [0.05, 0.1) is 6.54 Å². The summed E-state index contributed by atoms with van der Waals surface area (Å²) in [5.74, 6) is 1.19. The Bertz CT molecular complexity index is 307. The SMILES string of the molecule is CCn1ccnc1CN1CCNC[C@H]1C. The summed E-state index contributed by atoms with van der Waals surface area (Å²) in [5.41, 5.74) is 0. The van der Waals surface area contributed by atoms with E-state index in [4.69, 9.17) is 0 Å². The number of aryl methyl sites for hydroxylation is 1. The molecule has 1 aromatic rings. The minimum absolute atomic E-state index is 0.612. The molecule has 0 radical (unpaired) electrons. The molecule has 15 heavy (non-hydrogen) atoms. The monoisotopic (exact) mass is 208 g/mol. The van der Waals surface area contributed by atoms with E-state index in [1.807, 2.05) is 6.20 Å². The number of hydrogen-bond donors (Lipinski definition) is 1. The second-order valence-electron chi connectivity index (χ2n) is 4.15. The maximum atomic E-state index is 4.42. The Hall–Kier alpha value is -0.870. The van der Waals surface area contributed by atoms with Crippen molar-refractivity contribution in [2.75, 3.05) is 19.6 Å². The van der Waals surface area contributed by atoms with E-state index in [-0.39, 0.29) is 0 Å². The van der Waals surface area contributed by atoms with Crippen LogP contribution in [0, 0.1) is 0 Å². The number of nitrogens with one attached hydrogen (secondary N) is 1. The van der Waals surface area contributed by atoms with Crippen molar-refractivity contribution in [3.05, 3.63) is 18.2 Å². The molecule has 0 aliphatic carbocycles. The van der Waals surface area contributed by atoms with Gasteiger partial charge in [-0.2, -0.15) is 0 Å². The van der Waals surface area contributed by atoms with Crippen LogP contribution in [0.25, 0.3) is 0 Å². The maximum absolute atomic E-state index is 4.42. The van der Waals surface area contributed by atoms with Crippen LogP contribution >= 0.6 is 0 Å². The summed E-state index contributed by atoms with van der Waals surface area (Å²) in [7, 11) is 0. The second-order valence-corrected chi connectivity index (χ2v) is 4.15. The van der Waals surface area contributed by atoms with Gasteiger partial charge < -0.3 is 9.88 Å². The summed E-state index contributed by atoms with van der Waals surface area (Å²) in [4.78, 5) is 6.91. The number of rotatable bonds is 3. The molecular weight excluding hydrogens is 188 g/mol. The Balaban J connectivity index is 2.01. The topological polar surface area (TPSA) is 33.1 Å². The fraction of sp³-hybridized carbons (Fsp3) is 0.727. The van der Waals surface area contributed by atoms with E-state index < -0.39 is 0 Å². The van der Waals surface area contributed by atoms with Gasteiger partial charge in [0, 0.05) is 44.6 Å². The standard InChI is InChI=1S/C11H20N4/c1-3-14-7-5-13-11(14)9-15-6-4-12-8-10(15)2/h5,7,10,12H,3-4,6,8-9H2,1-2H3/t10-/m1/s1. The normalized spacial score (nSPS) is 23.2.